The molecule has 1 saturated heterocycles. The Balaban J connectivity index is 1.67. The number of benzene rings is 1. The number of nitrogens with zero attached hydrogens (tertiary/aromatic N) is 5. The third kappa shape index (κ3) is 4.34. The molecule has 13 heteroatoms. The topological polar surface area (TPSA) is 105 Å². The van der Waals surface area contributed by atoms with Crippen LogP contribution in [0.1, 0.15) is 45.0 Å². The van der Waals surface area contributed by atoms with Gasteiger partial charge in [-0.3, -0.25) is 0 Å². The van der Waals surface area contributed by atoms with Gasteiger partial charge in [-0.15, -0.1) is 10.2 Å². The number of aromatic nitrogens is 4. The summed E-state index contributed by atoms with van der Waals surface area (Å²) in [5, 5.41) is 15.7. The maximum Gasteiger partial charge on any atom is 0.291 e. The summed E-state index contributed by atoms with van der Waals surface area (Å²) in [6.45, 7) is 7.40. The van der Waals surface area contributed by atoms with Gasteiger partial charge in [-0.25, -0.2) is 26.6 Å². The largest absolute Gasteiger partial charge is 0.368 e. The monoisotopic (exact) mass is 497 g/mol. The Morgan fingerprint density at radius 3 is 2.52 bits per heavy atom. The lowest BCUT2D eigenvalue weighted by molar-refractivity contribution is 0.150. The fourth-order valence-electron chi connectivity index (χ4n) is 4.25. The van der Waals surface area contributed by atoms with Gasteiger partial charge >= 0.3 is 0 Å². The number of alkyl halides is 2. The third-order valence-electron chi connectivity index (χ3n) is 6.03. The number of hydrogen-bond donors (Lipinski definition) is 2. The van der Waals surface area contributed by atoms with E-state index in [1.165, 1.54) is 10.7 Å². The molecule has 1 aliphatic carbocycles. The van der Waals surface area contributed by atoms with Gasteiger partial charge < -0.3 is 10.2 Å². The van der Waals surface area contributed by atoms with Crippen LogP contribution in [0.25, 0.3) is 16.0 Å². The van der Waals surface area contributed by atoms with Crippen molar-refractivity contribution in [1.29, 1.82) is 0 Å². The molecule has 0 unspecified atom stereocenters. The van der Waals surface area contributed by atoms with E-state index >= 15 is 0 Å². The Morgan fingerprint density at radius 2 is 1.91 bits per heavy atom. The van der Waals surface area contributed by atoms with Crippen molar-refractivity contribution in [2.75, 3.05) is 18.0 Å². The van der Waals surface area contributed by atoms with Crippen LogP contribution in [0.15, 0.2) is 23.2 Å². The second kappa shape index (κ2) is 7.93. The van der Waals surface area contributed by atoms with E-state index < -0.39 is 27.0 Å². The summed E-state index contributed by atoms with van der Waals surface area (Å²) in [5.41, 5.74) is 0.779. The number of sulfonamides is 1. The quantitative estimate of drug-likeness (QED) is 0.540. The summed E-state index contributed by atoms with van der Waals surface area (Å²) in [5.74, 6) is 0. The minimum Gasteiger partial charge on any atom is -0.368 e. The van der Waals surface area contributed by atoms with Crippen molar-refractivity contribution in [2.45, 2.75) is 62.6 Å². The molecule has 9 nitrogen and oxygen atoms in total. The molecular weight excluding hydrogens is 472 g/mol. The second-order valence-electron chi connectivity index (χ2n) is 9.20. The predicted octanol–water partition coefficient (Wildman–Crippen LogP) is 2.83. The molecule has 3 aromatic rings. The molecule has 1 aliphatic heterocycles. The van der Waals surface area contributed by atoms with Gasteiger partial charge in [0, 0.05) is 41.8 Å². The molecule has 178 valence electrons. The zero-order valence-corrected chi connectivity index (χ0v) is 20.1. The Bertz CT molecular complexity index is 1290. The molecule has 1 saturated carbocycles. The maximum absolute atomic E-state index is 13.3. The fourth-order valence-corrected chi connectivity index (χ4v) is 6.42. The van der Waals surface area contributed by atoms with Crippen LogP contribution >= 0.6 is 11.3 Å². The lowest BCUT2D eigenvalue weighted by Gasteiger charge is -2.38. The Kier molecular flexibility index (Phi) is 5.42. The van der Waals surface area contributed by atoms with E-state index in [4.69, 9.17) is 0 Å². The minimum absolute atomic E-state index is 0.109. The molecule has 2 aliphatic rings. The highest BCUT2D eigenvalue weighted by atomic mass is 32.2. The molecule has 2 fully saturated rings. The predicted molar refractivity (Wildman–Crippen MR) is 122 cm³/mol. The molecule has 0 radical (unpaired) electrons. The number of fused-ring (bicyclic) bond motifs is 1. The van der Waals surface area contributed by atoms with E-state index in [-0.39, 0.29) is 22.1 Å². The Hall–Kier alpha value is -2.22. The van der Waals surface area contributed by atoms with Gasteiger partial charge in [0.05, 0.1) is 16.6 Å². The highest BCUT2D eigenvalue weighted by Gasteiger charge is 2.41. The van der Waals surface area contributed by atoms with Crippen LogP contribution in [0, 0.1) is 0 Å². The lowest BCUT2D eigenvalue weighted by Crippen LogP contribution is -2.54. The maximum atomic E-state index is 13.3. The lowest BCUT2D eigenvalue weighted by atomic mass is 10.1. The van der Waals surface area contributed by atoms with Crippen LogP contribution < -0.4 is 14.9 Å². The first-order valence-electron chi connectivity index (χ1n) is 10.7. The molecule has 33 heavy (non-hydrogen) atoms. The molecule has 5 rings (SSSR count). The van der Waals surface area contributed by atoms with Crippen molar-refractivity contribution in [2.24, 2.45) is 0 Å². The number of rotatable bonds is 6. The van der Waals surface area contributed by atoms with E-state index in [0.29, 0.717) is 18.6 Å². The van der Waals surface area contributed by atoms with Crippen LogP contribution in [0.3, 0.4) is 0 Å². The number of piperazine rings is 1. The van der Waals surface area contributed by atoms with Gasteiger partial charge in [-0.2, -0.15) is 5.10 Å². The third-order valence-corrected chi connectivity index (χ3v) is 8.55. The summed E-state index contributed by atoms with van der Waals surface area (Å²) in [4.78, 5) is 2.25. The second-order valence-corrected chi connectivity index (χ2v) is 11.9. The average molecular weight is 498 g/mol. The summed E-state index contributed by atoms with van der Waals surface area (Å²) in [7, 11) is -3.81. The molecular formula is C20H25F2N7O2S2. The van der Waals surface area contributed by atoms with Gasteiger partial charge in [0.25, 0.3) is 6.43 Å². The van der Waals surface area contributed by atoms with E-state index in [1.807, 2.05) is 6.92 Å². The van der Waals surface area contributed by atoms with Crippen LogP contribution in [0.2, 0.25) is 0 Å². The Morgan fingerprint density at radius 1 is 1.21 bits per heavy atom. The van der Waals surface area contributed by atoms with Gasteiger partial charge in [-0.1, -0.05) is 11.3 Å². The molecule has 0 bridgehead atoms. The molecule has 1 aromatic carbocycles. The SMILES string of the molecule is C[C@@H]1CN(c2cc(S(=O)(=O)NC3(C)CC3)cc3c2cnn3-c2nnc(C(F)F)s2)C[C@H](C)N1. The van der Waals surface area contributed by atoms with Gasteiger partial charge in [0.2, 0.25) is 15.2 Å². The van der Waals surface area contributed by atoms with Crippen molar-refractivity contribution in [3.63, 3.8) is 0 Å². The first kappa shape index (κ1) is 22.6. The zero-order valence-electron chi connectivity index (χ0n) is 18.4. The van der Waals surface area contributed by atoms with Gasteiger partial charge in [0.15, 0.2) is 5.01 Å². The molecule has 2 atom stereocenters. The smallest absolute Gasteiger partial charge is 0.291 e. The highest BCUT2D eigenvalue weighted by molar-refractivity contribution is 7.89. The summed E-state index contributed by atoms with van der Waals surface area (Å²) in [6.07, 6.45) is 0.454. The standard InChI is InChI=1S/C20H25F2N7O2S2/c1-11-9-28(10-12(2)24-11)15-6-13(33(30,31)27-20(3)4-5-20)7-16-14(15)8-23-29(16)19-26-25-18(32-19)17(21)22/h6-8,11-12,17,24,27H,4-5,9-10H2,1-3H3/t11-,12+. The zero-order chi connectivity index (χ0) is 23.5. The molecule has 2 N–H and O–H groups in total. The fraction of sp³-hybridized carbons (Fsp3) is 0.550. The van der Waals surface area contributed by atoms with E-state index in [9.17, 15) is 17.2 Å². The van der Waals surface area contributed by atoms with Gasteiger partial charge in [-0.05, 0) is 45.7 Å². The van der Waals surface area contributed by atoms with Crippen molar-refractivity contribution in [3.05, 3.63) is 23.3 Å². The Labute approximate surface area is 194 Å². The van der Waals surface area contributed by atoms with Crippen molar-refractivity contribution >= 4 is 38.0 Å². The number of halogens is 2. The molecule has 2 aromatic heterocycles. The van der Waals surface area contributed by atoms with Gasteiger partial charge in [0.1, 0.15) is 0 Å². The van der Waals surface area contributed by atoms with E-state index in [0.717, 1.165) is 35.3 Å². The van der Waals surface area contributed by atoms with Crippen molar-refractivity contribution in [1.82, 2.24) is 30.0 Å². The molecule has 3 heterocycles. The average Bonchev–Trinajstić information content (AvgIpc) is 3.14. The molecule has 0 amide bonds. The normalized spacial score (nSPS) is 22.9. The van der Waals surface area contributed by atoms with Crippen LogP contribution in [-0.4, -0.2) is 59.1 Å². The number of anilines is 1. The summed E-state index contributed by atoms with van der Waals surface area (Å²) < 4.78 is 56.9. The number of nitrogens with one attached hydrogen (secondary N) is 2. The van der Waals surface area contributed by atoms with E-state index in [2.05, 4.69) is 44.1 Å². The highest BCUT2D eigenvalue weighted by Crippen LogP contribution is 2.38. The van der Waals surface area contributed by atoms with Crippen molar-refractivity contribution < 1.29 is 17.2 Å². The van der Waals surface area contributed by atoms with Crippen LogP contribution in [0.4, 0.5) is 14.5 Å². The first-order chi connectivity index (χ1) is 15.5. The van der Waals surface area contributed by atoms with E-state index in [1.54, 1.807) is 12.3 Å². The number of hydrogen-bond acceptors (Lipinski definition) is 8. The minimum atomic E-state index is -3.81. The summed E-state index contributed by atoms with van der Waals surface area (Å²) >= 11 is 0.729. The first-order valence-corrected chi connectivity index (χ1v) is 13.0. The van der Waals surface area contributed by atoms with Crippen LogP contribution in [0.5, 0.6) is 0 Å². The summed E-state index contributed by atoms with van der Waals surface area (Å²) in [6, 6.07) is 3.62. The molecule has 0 spiro atoms. The van der Waals surface area contributed by atoms with Crippen molar-refractivity contribution in [3.8, 4) is 5.13 Å². The van der Waals surface area contributed by atoms with Crippen LogP contribution in [-0.2, 0) is 10.0 Å².